The van der Waals surface area contributed by atoms with E-state index in [1.54, 1.807) is 5.01 Å². The van der Waals surface area contributed by atoms with Crippen LogP contribution in [-0.2, 0) is 7.05 Å². The van der Waals surface area contributed by atoms with E-state index in [0.717, 1.165) is 35.0 Å². The number of hydrogen-bond donors (Lipinski definition) is 1. The van der Waals surface area contributed by atoms with E-state index in [9.17, 15) is 9.59 Å². The van der Waals surface area contributed by atoms with Crippen molar-refractivity contribution in [2.45, 2.75) is 39.5 Å². The molecule has 1 aromatic carbocycles. The summed E-state index contributed by atoms with van der Waals surface area (Å²) < 4.78 is 1.03. The molecule has 144 valence electrons. The van der Waals surface area contributed by atoms with Gasteiger partial charge in [0.15, 0.2) is 0 Å². The molecule has 0 aliphatic rings. The Bertz CT molecular complexity index is 863. The molecule has 1 heterocycles. The largest absolute Gasteiger partial charge is 0.329 e. The van der Waals surface area contributed by atoms with Crippen molar-refractivity contribution >= 4 is 18.1 Å². The van der Waals surface area contributed by atoms with Crippen molar-refractivity contribution in [3.8, 4) is 0 Å². The van der Waals surface area contributed by atoms with Gasteiger partial charge in [-0.15, -0.1) is 0 Å². The van der Waals surface area contributed by atoms with Crippen LogP contribution in [0.2, 0.25) is 0 Å². The number of unbranched alkanes of at least 4 members (excludes halogenated alkanes) is 2. The lowest BCUT2D eigenvalue weighted by atomic mass is 10.1. The van der Waals surface area contributed by atoms with Crippen molar-refractivity contribution in [1.29, 1.82) is 0 Å². The summed E-state index contributed by atoms with van der Waals surface area (Å²) in [5.74, 6) is 0.398. The van der Waals surface area contributed by atoms with Crippen LogP contribution in [0, 0.1) is 0 Å². The van der Waals surface area contributed by atoms with E-state index in [4.69, 9.17) is 0 Å². The van der Waals surface area contributed by atoms with Crippen LogP contribution in [0.1, 0.15) is 45.1 Å². The van der Waals surface area contributed by atoms with Gasteiger partial charge < -0.3 is 0 Å². The molecule has 1 N–H and O–H groups in total. The molecule has 1 aromatic heterocycles. The summed E-state index contributed by atoms with van der Waals surface area (Å²) in [6, 6.07) is 11.5. The molecule has 0 spiro atoms. The molecule has 0 amide bonds. The van der Waals surface area contributed by atoms with Crippen molar-refractivity contribution in [3.63, 3.8) is 0 Å². The van der Waals surface area contributed by atoms with Crippen LogP contribution in [-0.4, -0.2) is 22.3 Å². The molecule has 0 saturated heterocycles. The van der Waals surface area contributed by atoms with Crippen LogP contribution >= 0.6 is 0 Å². The van der Waals surface area contributed by atoms with Crippen molar-refractivity contribution in [2.75, 3.05) is 11.6 Å². The molecule has 2 aromatic rings. The third kappa shape index (κ3) is 6.09. The molecule has 0 unspecified atom stereocenters. The number of anilines is 1. The summed E-state index contributed by atoms with van der Waals surface area (Å²) in [5.41, 5.74) is 1.43. The lowest BCUT2D eigenvalue weighted by Crippen LogP contribution is -2.34. The van der Waals surface area contributed by atoms with Gasteiger partial charge in [0, 0.05) is 19.7 Å². The average Bonchev–Trinajstić information content (AvgIpc) is 2.67. The smallest absolute Gasteiger partial charge is 0.292 e. The Morgan fingerprint density at radius 3 is 2.56 bits per heavy atom. The summed E-state index contributed by atoms with van der Waals surface area (Å²) in [7, 11) is 1.44. The van der Waals surface area contributed by atoms with Crippen LogP contribution in [0.15, 0.2) is 56.7 Å². The standard InChI is InChI=1S/C21H28N4O2/c1-4-6-8-13-18(14-17-11-9-7-10-12-17)16-22-25(5-2)19-15-20(26)24(3)21(27)23-19/h7,9-12,14-16H,4-6,8,13H2,1-3H3,(H,23,27). The Hall–Kier alpha value is -2.89. The number of rotatable bonds is 9. The molecule has 0 saturated carbocycles. The number of allylic oxidation sites excluding steroid dienone is 1. The summed E-state index contributed by atoms with van der Waals surface area (Å²) in [4.78, 5) is 26.4. The van der Waals surface area contributed by atoms with Crippen LogP contribution in [0.3, 0.4) is 0 Å². The van der Waals surface area contributed by atoms with Crippen LogP contribution in [0.5, 0.6) is 0 Å². The average molecular weight is 368 g/mol. The predicted molar refractivity (Wildman–Crippen MR) is 112 cm³/mol. The zero-order valence-corrected chi connectivity index (χ0v) is 16.3. The lowest BCUT2D eigenvalue weighted by Gasteiger charge is -2.16. The summed E-state index contributed by atoms with van der Waals surface area (Å²) in [6.07, 6.45) is 8.29. The maximum atomic E-state index is 11.9. The second-order valence-electron chi connectivity index (χ2n) is 6.40. The summed E-state index contributed by atoms with van der Waals surface area (Å²) >= 11 is 0. The summed E-state index contributed by atoms with van der Waals surface area (Å²) in [5, 5.41) is 6.15. The highest BCUT2D eigenvalue weighted by Crippen LogP contribution is 2.14. The fourth-order valence-corrected chi connectivity index (χ4v) is 2.66. The van der Waals surface area contributed by atoms with Crippen molar-refractivity contribution in [1.82, 2.24) is 9.55 Å². The van der Waals surface area contributed by atoms with Gasteiger partial charge in [-0.1, -0.05) is 56.2 Å². The van der Waals surface area contributed by atoms with E-state index in [1.807, 2.05) is 31.3 Å². The van der Waals surface area contributed by atoms with Gasteiger partial charge in [0.1, 0.15) is 5.82 Å². The van der Waals surface area contributed by atoms with Gasteiger partial charge in [-0.25, -0.2) is 9.80 Å². The third-order valence-corrected chi connectivity index (χ3v) is 4.29. The van der Waals surface area contributed by atoms with Crippen LogP contribution in [0.4, 0.5) is 5.82 Å². The van der Waals surface area contributed by atoms with E-state index in [2.05, 4.69) is 35.2 Å². The molecule has 27 heavy (non-hydrogen) atoms. The van der Waals surface area contributed by atoms with Crippen LogP contribution < -0.4 is 16.3 Å². The molecule has 6 heteroatoms. The molecular formula is C21H28N4O2. The van der Waals surface area contributed by atoms with Gasteiger partial charge in [-0.05, 0) is 30.9 Å². The number of aromatic nitrogens is 2. The third-order valence-electron chi connectivity index (χ3n) is 4.29. The monoisotopic (exact) mass is 368 g/mol. The zero-order valence-electron chi connectivity index (χ0n) is 16.3. The second kappa shape index (κ2) is 10.3. The second-order valence-corrected chi connectivity index (χ2v) is 6.40. The van der Waals surface area contributed by atoms with Gasteiger partial charge in [0.05, 0.1) is 6.21 Å². The molecular weight excluding hydrogens is 340 g/mol. The Morgan fingerprint density at radius 1 is 1.19 bits per heavy atom. The molecule has 0 fully saturated rings. The number of nitrogens with zero attached hydrogens (tertiary/aromatic N) is 3. The minimum absolute atomic E-state index is 0.356. The molecule has 0 atom stereocenters. The van der Waals surface area contributed by atoms with E-state index in [1.165, 1.54) is 19.5 Å². The quantitative estimate of drug-likeness (QED) is 0.418. The van der Waals surface area contributed by atoms with Gasteiger partial charge in [-0.2, -0.15) is 5.10 Å². The fraction of sp³-hybridized carbons (Fsp3) is 0.381. The first-order valence-electron chi connectivity index (χ1n) is 9.42. The highest BCUT2D eigenvalue weighted by atomic mass is 16.2. The number of nitrogens with one attached hydrogen (secondary N) is 1. The van der Waals surface area contributed by atoms with E-state index < -0.39 is 5.69 Å². The van der Waals surface area contributed by atoms with Gasteiger partial charge in [-0.3, -0.25) is 14.3 Å². The minimum Gasteiger partial charge on any atom is -0.292 e. The maximum absolute atomic E-state index is 11.9. The first-order valence-corrected chi connectivity index (χ1v) is 9.42. The van der Waals surface area contributed by atoms with E-state index in [0.29, 0.717) is 12.4 Å². The van der Waals surface area contributed by atoms with Gasteiger partial charge >= 0.3 is 5.69 Å². The Morgan fingerprint density at radius 2 is 1.93 bits per heavy atom. The first kappa shape index (κ1) is 20.4. The van der Waals surface area contributed by atoms with Crippen LogP contribution in [0.25, 0.3) is 6.08 Å². The van der Waals surface area contributed by atoms with Crippen molar-refractivity contribution < 1.29 is 0 Å². The number of benzene rings is 1. The SMILES string of the molecule is CCCCCC(C=NN(CC)c1cc(=O)n(C)c(=O)[nH]1)=Cc1ccccc1. The fourth-order valence-electron chi connectivity index (χ4n) is 2.66. The number of hydrazone groups is 1. The molecule has 6 nitrogen and oxygen atoms in total. The highest BCUT2D eigenvalue weighted by Gasteiger charge is 2.07. The zero-order chi connectivity index (χ0) is 19.6. The Balaban J connectivity index is 2.28. The lowest BCUT2D eigenvalue weighted by molar-refractivity contribution is 0.723. The number of aromatic amines is 1. The molecule has 0 aliphatic heterocycles. The molecule has 0 radical (unpaired) electrons. The predicted octanol–water partition coefficient (Wildman–Crippen LogP) is 3.55. The van der Waals surface area contributed by atoms with Gasteiger partial charge in [0.2, 0.25) is 0 Å². The Labute approximate surface area is 159 Å². The first-order chi connectivity index (χ1) is 13.0. The highest BCUT2D eigenvalue weighted by molar-refractivity contribution is 5.86. The van der Waals surface area contributed by atoms with Crippen molar-refractivity contribution in [2.24, 2.45) is 12.1 Å². The molecule has 0 aliphatic carbocycles. The number of hydrogen-bond acceptors (Lipinski definition) is 4. The topological polar surface area (TPSA) is 70.5 Å². The Kier molecular flexibility index (Phi) is 7.79. The number of H-pyrrole nitrogens is 1. The van der Waals surface area contributed by atoms with E-state index in [-0.39, 0.29) is 5.56 Å². The minimum atomic E-state index is -0.450. The van der Waals surface area contributed by atoms with E-state index >= 15 is 0 Å². The van der Waals surface area contributed by atoms with Gasteiger partial charge in [0.25, 0.3) is 5.56 Å². The molecule has 0 bridgehead atoms. The summed E-state index contributed by atoms with van der Waals surface area (Å²) in [6.45, 7) is 4.64. The normalized spacial score (nSPS) is 11.9. The molecule has 2 rings (SSSR count). The van der Waals surface area contributed by atoms with Crippen molar-refractivity contribution in [3.05, 3.63) is 68.4 Å². The maximum Gasteiger partial charge on any atom is 0.329 e.